The predicted molar refractivity (Wildman–Crippen MR) is 116 cm³/mol. The Balaban J connectivity index is 1.77. The summed E-state index contributed by atoms with van der Waals surface area (Å²) in [6.07, 6.45) is 1.73. The lowest BCUT2D eigenvalue weighted by molar-refractivity contribution is -0.130. The average molecular weight is 460 g/mol. The predicted octanol–water partition coefficient (Wildman–Crippen LogP) is 4.03. The molecule has 31 heavy (non-hydrogen) atoms. The van der Waals surface area contributed by atoms with Crippen molar-refractivity contribution in [1.29, 1.82) is 0 Å². The SMILES string of the molecule is C=C(N1C(=CCC)C=Nc2[nH]ccc21)N1CC(NS(=O)(=O)CCC(F)(F)F)CC1CC. The highest BCUT2D eigenvalue weighted by Crippen LogP contribution is 2.38. The minimum atomic E-state index is -4.51. The fraction of sp³-hybridized carbons (Fsp3) is 0.550. The number of hydrogen-bond acceptors (Lipinski definition) is 5. The van der Waals surface area contributed by atoms with E-state index in [1.54, 1.807) is 12.4 Å². The highest BCUT2D eigenvalue weighted by atomic mass is 32.2. The zero-order valence-electron chi connectivity index (χ0n) is 17.6. The Labute approximate surface area is 180 Å². The molecule has 0 saturated carbocycles. The summed E-state index contributed by atoms with van der Waals surface area (Å²) in [7, 11) is -4.04. The summed E-state index contributed by atoms with van der Waals surface area (Å²) < 4.78 is 64.2. The first-order valence-corrected chi connectivity index (χ1v) is 11.9. The molecule has 2 atom stereocenters. The first-order valence-electron chi connectivity index (χ1n) is 10.3. The van der Waals surface area contributed by atoms with E-state index in [0.717, 1.165) is 24.2 Å². The van der Waals surface area contributed by atoms with Crippen LogP contribution in [0.3, 0.4) is 0 Å². The highest BCUT2D eigenvalue weighted by molar-refractivity contribution is 7.89. The molecule has 1 saturated heterocycles. The van der Waals surface area contributed by atoms with E-state index in [1.165, 1.54) is 0 Å². The van der Waals surface area contributed by atoms with Gasteiger partial charge in [-0.3, -0.25) is 4.90 Å². The van der Waals surface area contributed by atoms with E-state index >= 15 is 0 Å². The van der Waals surface area contributed by atoms with Crippen molar-refractivity contribution in [3.8, 4) is 0 Å². The molecule has 3 rings (SSSR count). The molecule has 2 unspecified atom stereocenters. The minimum Gasteiger partial charge on any atom is -0.354 e. The molecule has 1 aromatic rings. The molecule has 0 bridgehead atoms. The second-order valence-corrected chi connectivity index (χ2v) is 9.58. The van der Waals surface area contributed by atoms with Crippen molar-refractivity contribution in [2.75, 3.05) is 17.2 Å². The molecule has 7 nitrogen and oxygen atoms in total. The van der Waals surface area contributed by atoms with Gasteiger partial charge in [0, 0.05) is 24.8 Å². The Hall–Kier alpha value is -2.27. The van der Waals surface area contributed by atoms with Crippen LogP contribution in [0.15, 0.2) is 41.4 Å². The van der Waals surface area contributed by atoms with E-state index in [1.807, 2.05) is 35.8 Å². The number of sulfonamides is 1. The van der Waals surface area contributed by atoms with Crippen LogP contribution >= 0.6 is 0 Å². The van der Waals surface area contributed by atoms with Crippen LogP contribution < -0.4 is 9.62 Å². The van der Waals surface area contributed by atoms with E-state index in [4.69, 9.17) is 0 Å². The number of halogens is 3. The molecule has 0 spiro atoms. The lowest BCUT2D eigenvalue weighted by Gasteiger charge is -2.37. The van der Waals surface area contributed by atoms with Gasteiger partial charge in [-0.2, -0.15) is 13.2 Å². The van der Waals surface area contributed by atoms with Crippen molar-refractivity contribution < 1.29 is 21.6 Å². The van der Waals surface area contributed by atoms with Gasteiger partial charge in [0.1, 0.15) is 5.82 Å². The van der Waals surface area contributed by atoms with Gasteiger partial charge in [0.2, 0.25) is 10.0 Å². The molecular weight excluding hydrogens is 431 g/mol. The van der Waals surface area contributed by atoms with E-state index in [9.17, 15) is 21.6 Å². The normalized spacial score (nSPS) is 22.9. The maximum atomic E-state index is 12.4. The summed E-state index contributed by atoms with van der Waals surface area (Å²) in [6, 6.07) is 1.42. The monoisotopic (exact) mass is 459 g/mol. The van der Waals surface area contributed by atoms with Crippen molar-refractivity contribution in [3.63, 3.8) is 0 Å². The number of allylic oxidation sites excluding steroid dienone is 2. The molecule has 2 aliphatic heterocycles. The minimum absolute atomic E-state index is 0.00643. The van der Waals surface area contributed by atoms with Crippen LogP contribution in [0.4, 0.5) is 24.7 Å². The van der Waals surface area contributed by atoms with Gasteiger partial charge in [0.15, 0.2) is 5.82 Å². The van der Waals surface area contributed by atoms with Gasteiger partial charge in [-0.05, 0) is 25.3 Å². The quantitative estimate of drug-likeness (QED) is 0.615. The topological polar surface area (TPSA) is 80.8 Å². The lowest BCUT2D eigenvalue weighted by Crippen LogP contribution is -2.41. The number of rotatable bonds is 8. The molecular formula is C20H28F3N5O2S. The summed E-state index contributed by atoms with van der Waals surface area (Å²) >= 11 is 0. The third-order valence-corrected chi connectivity index (χ3v) is 6.85. The van der Waals surface area contributed by atoms with Crippen molar-refractivity contribution >= 4 is 27.7 Å². The molecule has 0 aliphatic carbocycles. The van der Waals surface area contributed by atoms with Gasteiger partial charge >= 0.3 is 6.18 Å². The van der Waals surface area contributed by atoms with Gasteiger partial charge in [-0.25, -0.2) is 18.1 Å². The van der Waals surface area contributed by atoms with Crippen LogP contribution in [0, 0.1) is 0 Å². The Morgan fingerprint density at radius 3 is 2.81 bits per heavy atom. The Kier molecular flexibility index (Phi) is 6.85. The third-order valence-electron chi connectivity index (χ3n) is 5.42. The fourth-order valence-electron chi connectivity index (χ4n) is 4.00. The maximum Gasteiger partial charge on any atom is 0.390 e. The highest BCUT2D eigenvalue weighted by Gasteiger charge is 2.38. The van der Waals surface area contributed by atoms with E-state index in [-0.39, 0.29) is 6.04 Å². The molecule has 0 radical (unpaired) electrons. The Morgan fingerprint density at radius 2 is 2.16 bits per heavy atom. The molecule has 2 N–H and O–H groups in total. The number of hydrogen-bond donors (Lipinski definition) is 2. The summed E-state index contributed by atoms with van der Waals surface area (Å²) in [5.41, 5.74) is 1.71. The van der Waals surface area contributed by atoms with Crippen LogP contribution in [0.2, 0.25) is 0 Å². The first-order chi connectivity index (χ1) is 14.5. The first kappa shape index (κ1) is 23.4. The van der Waals surface area contributed by atoms with Crippen molar-refractivity contribution in [2.45, 2.75) is 57.8 Å². The number of aromatic amines is 1. The Morgan fingerprint density at radius 1 is 1.42 bits per heavy atom. The van der Waals surface area contributed by atoms with Gasteiger partial charge in [-0.1, -0.05) is 26.5 Å². The summed E-state index contributed by atoms with van der Waals surface area (Å²) in [4.78, 5) is 11.5. The second kappa shape index (κ2) is 9.07. The number of likely N-dealkylation sites (tertiary alicyclic amines) is 1. The van der Waals surface area contributed by atoms with Crippen molar-refractivity contribution in [1.82, 2.24) is 14.6 Å². The van der Waals surface area contributed by atoms with Crippen LogP contribution in [-0.4, -0.2) is 55.1 Å². The molecule has 2 aliphatic rings. The number of fused-ring (bicyclic) bond motifs is 1. The number of nitrogens with zero attached hydrogens (tertiary/aromatic N) is 3. The number of aliphatic imine (C=N–C) groups is 1. The van der Waals surface area contributed by atoms with Crippen molar-refractivity contribution in [3.05, 3.63) is 36.4 Å². The molecule has 0 amide bonds. The lowest BCUT2D eigenvalue weighted by atomic mass is 10.1. The maximum absolute atomic E-state index is 12.4. The van der Waals surface area contributed by atoms with Gasteiger partial charge in [0.25, 0.3) is 0 Å². The molecule has 0 aromatic carbocycles. The van der Waals surface area contributed by atoms with Crippen LogP contribution in [0.1, 0.15) is 39.5 Å². The van der Waals surface area contributed by atoms with E-state index in [2.05, 4.69) is 21.3 Å². The summed E-state index contributed by atoms with van der Waals surface area (Å²) in [6.45, 7) is 8.62. The average Bonchev–Trinajstić information content (AvgIpc) is 3.32. The molecule has 172 valence electrons. The van der Waals surface area contributed by atoms with Gasteiger partial charge in [0.05, 0.1) is 29.8 Å². The summed E-state index contributed by atoms with van der Waals surface area (Å²) in [5, 5.41) is 0. The number of alkyl halides is 3. The van der Waals surface area contributed by atoms with Crippen molar-refractivity contribution in [2.24, 2.45) is 4.99 Å². The molecule has 3 heterocycles. The zero-order valence-corrected chi connectivity index (χ0v) is 18.4. The van der Waals surface area contributed by atoms with Crippen LogP contribution in [-0.2, 0) is 10.0 Å². The van der Waals surface area contributed by atoms with E-state index < -0.39 is 34.4 Å². The van der Waals surface area contributed by atoms with E-state index in [0.29, 0.717) is 24.6 Å². The Bertz CT molecular complexity index is 968. The number of nitrogens with one attached hydrogen (secondary N) is 2. The number of aromatic nitrogens is 1. The smallest absolute Gasteiger partial charge is 0.354 e. The summed E-state index contributed by atoms with van der Waals surface area (Å²) in [5.74, 6) is 0.408. The number of anilines is 1. The molecule has 1 fully saturated rings. The van der Waals surface area contributed by atoms with Crippen LogP contribution in [0.25, 0.3) is 0 Å². The number of H-pyrrole nitrogens is 1. The molecule has 11 heteroatoms. The van der Waals surface area contributed by atoms with Crippen LogP contribution in [0.5, 0.6) is 0 Å². The second-order valence-electron chi connectivity index (χ2n) is 7.71. The standard InChI is InChI=1S/C20H28F3N5O2S/c1-4-6-17-12-25-19-18(7-9-24-19)28(17)14(3)27-13-15(11-16(27)5-2)26-31(29,30)10-8-20(21,22)23/h6-7,9,12,15-16,24,26H,3-5,8,10-11,13H2,1-2H3. The molecule has 1 aromatic heterocycles. The zero-order chi connectivity index (χ0) is 22.8. The third kappa shape index (κ3) is 5.51. The van der Waals surface area contributed by atoms with Gasteiger partial charge in [-0.15, -0.1) is 0 Å². The van der Waals surface area contributed by atoms with Gasteiger partial charge < -0.3 is 9.88 Å². The largest absolute Gasteiger partial charge is 0.390 e. The fourth-order valence-corrected chi connectivity index (χ4v) is 5.30.